The molecular formula is C11H18ClNO3. The van der Waals surface area contributed by atoms with Crippen LogP contribution in [-0.4, -0.2) is 48.8 Å². The van der Waals surface area contributed by atoms with Gasteiger partial charge in [-0.25, -0.2) is 0 Å². The minimum atomic E-state index is -0.0650. The Morgan fingerprint density at radius 1 is 1.44 bits per heavy atom. The van der Waals surface area contributed by atoms with E-state index in [9.17, 15) is 4.79 Å². The van der Waals surface area contributed by atoms with Crippen molar-refractivity contribution >= 4 is 17.5 Å². The number of hydrogen-bond acceptors (Lipinski definition) is 3. The molecule has 5 heteroatoms. The number of alkyl halides is 1. The molecule has 0 aliphatic carbocycles. The van der Waals surface area contributed by atoms with Crippen molar-refractivity contribution in [3.63, 3.8) is 0 Å². The molecule has 2 aliphatic rings. The van der Waals surface area contributed by atoms with Gasteiger partial charge < -0.3 is 14.4 Å². The van der Waals surface area contributed by atoms with Crippen molar-refractivity contribution in [2.45, 2.75) is 38.1 Å². The summed E-state index contributed by atoms with van der Waals surface area (Å²) in [6, 6.07) is 0. The first kappa shape index (κ1) is 12.1. The lowest BCUT2D eigenvalue weighted by Crippen LogP contribution is -2.33. The van der Waals surface area contributed by atoms with Gasteiger partial charge in [-0.1, -0.05) is 0 Å². The fourth-order valence-corrected chi connectivity index (χ4v) is 2.35. The maximum Gasteiger partial charge on any atom is 0.237 e. The standard InChI is InChI=1S/C11H18ClNO3/c12-7-10(14)13-5-4-9(8-13)16-11-3-1-2-6-15-11/h9,11H,1-8H2. The maximum atomic E-state index is 11.4. The van der Waals surface area contributed by atoms with Gasteiger partial charge >= 0.3 is 0 Å². The summed E-state index contributed by atoms with van der Waals surface area (Å²) in [6.45, 7) is 2.20. The first-order valence-corrected chi connectivity index (χ1v) is 6.44. The quantitative estimate of drug-likeness (QED) is 0.707. The summed E-state index contributed by atoms with van der Waals surface area (Å²) in [7, 11) is 0. The van der Waals surface area contributed by atoms with Crippen LogP contribution in [0.5, 0.6) is 0 Å². The Bertz CT molecular complexity index is 243. The Hall–Kier alpha value is -0.320. The van der Waals surface area contributed by atoms with Gasteiger partial charge in [-0.15, -0.1) is 11.6 Å². The number of nitrogens with zero attached hydrogens (tertiary/aromatic N) is 1. The molecule has 2 unspecified atom stereocenters. The van der Waals surface area contributed by atoms with Crippen LogP contribution in [0.1, 0.15) is 25.7 Å². The van der Waals surface area contributed by atoms with E-state index in [0.717, 1.165) is 32.4 Å². The van der Waals surface area contributed by atoms with E-state index in [1.807, 2.05) is 0 Å². The summed E-state index contributed by atoms with van der Waals surface area (Å²) in [5.41, 5.74) is 0. The molecule has 2 saturated heterocycles. The number of carbonyl (C=O) groups is 1. The van der Waals surface area contributed by atoms with Crippen LogP contribution in [-0.2, 0) is 14.3 Å². The Kier molecular flexibility index (Phi) is 4.44. The van der Waals surface area contributed by atoms with E-state index in [-0.39, 0.29) is 24.2 Å². The molecule has 0 aromatic rings. The van der Waals surface area contributed by atoms with Gasteiger partial charge in [0, 0.05) is 19.7 Å². The molecule has 0 radical (unpaired) electrons. The number of hydrogen-bond donors (Lipinski definition) is 0. The van der Waals surface area contributed by atoms with Crippen LogP contribution in [0.3, 0.4) is 0 Å². The van der Waals surface area contributed by atoms with Gasteiger partial charge in [0.2, 0.25) is 5.91 Å². The summed E-state index contributed by atoms with van der Waals surface area (Å²) < 4.78 is 11.3. The third-order valence-electron chi connectivity index (χ3n) is 3.09. The second-order valence-corrected chi connectivity index (χ2v) is 4.58. The van der Waals surface area contributed by atoms with Crippen molar-refractivity contribution in [2.24, 2.45) is 0 Å². The molecule has 0 aromatic carbocycles. The van der Waals surface area contributed by atoms with Gasteiger partial charge in [-0.2, -0.15) is 0 Å². The molecule has 0 aromatic heterocycles. The number of rotatable bonds is 3. The van der Waals surface area contributed by atoms with E-state index < -0.39 is 0 Å². The van der Waals surface area contributed by atoms with E-state index in [4.69, 9.17) is 21.1 Å². The summed E-state index contributed by atoms with van der Waals surface area (Å²) in [4.78, 5) is 13.1. The molecule has 16 heavy (non-hydrogen) atoms. The second kappa shape index (κ2) is 5.84. The lowest BCUT2D eigenvalue weighted by atomic mass is 10.2. The first-order chi connectivity index (χ1) is 7.79. The molecule has 2 aliphatic heterocycles. The average molecular weight is 248 g/mol. The van der Waals surface area contributed by atoms with Crippen molar-refractivity contribution < 1.29 is 14.3 Å². The maximum absolute atomic E-state index is 11.4. The zero-order chi connectivity index (χ0) is 11.4. The third-order valence-corrected chi connectivity index (χ3v) is 3.32. The fraction of sp³-hybridized carbons (Fsp3) is 0.909. The second-order valence-electron chi connectivity index (χ2n) is 4.32. The van der Waals surface area contributed by atoms with Crippen molar-refractivity contribution in [2.75, 3.05) is 25.6 Å². The van der Waals surface area contributed by atoms with E-state index in [1.165, 1.54) is 6.42 Å². The van der Waals surface area contributed by atoms with Crippen LogP contribution in [0.15, 0.2) is 0 Å². The molecule has 0 bridgehead atoms. The molecular weight excluding hydrogens is 230 g/mol. The molecule has 2 atom stereocenters. The summed E-state index contributed by atoms with van der Waals surface area (Å²) in [5.74, 6) is 0.0597. The summed E-state index contributed by atoms with van der Waals surface area (Å²) in [6.07, 6.45) is 4.21. The number of amides is 1. The minimum Gasteiger partial charge on any atom is -0.353 e. The monoisotopic (exact) mass is 247 g/mol. The first-order valence-electron chi connectivity index (χ1n) is 5.90. The Morgan fingerprint density at radius 2 is 2.31 bits per heavy atom. The lowest BCUT2D eigenvalue weighted by Gasteiger charge is -2.25. The zero-order valence-electron chi connectivity index (χ0n) is 9.36. The predicted octanol–water partition coefficient (Wildman–Crippen LogP) is 1.37. The highest BCUT2D eigenvalue weighted by Crippen LogP contribution is 2.20. The SMILES string of the molecule is O=C(CCl)N1CCC(OC2CCCCO2)C1. The fourth-order valence-electron chi connectivity index (χ4n) is 2.18. The molecule has 1 amide bonds. The molecule has 2 rings (SSSR count). The van der Waals surface area contributed by atoms with Gasteiger partial charge in [0.05, 0.1) is 6.10 Å². The highest BCUT2D eigenvalue weighted by Gasteiger charge is 2.29. The summed E-state index contributed by atoms with van der Waals surface area (Å²) in [5, 5.41) is 0. The largest absolute Gasteiger partial charge is 0.353 e. The Morgan fingerprint density at radius 3 is 3.00 bits per heavy atom. The van der Waals surface area contributed by atoms with Gasteiger partial charge in [0.15, 0.2) is 6.29 Å². The predicted molar refractivity (Wildman–Crippen MR) is 60.4 cm³/mol. The van der Waals surface area contributed by atoms with Crippen molar-refractivity contribution in [1.82, 2.24) is 4.90 Å². The molecule has 0 spiro atoms. The Labute approximate surface area is 101 Å². The molecule has 2 heterocycles. The van der Waals surface area contributed by atoms with Crippen molar-refractivity contribution in [1.29, 1.82) is 0 Å². The molecule has 0 saturated carbocycles. The van der Waals surface area contributed by atoms with E-state index in [1.54, 1.807) is 4.90 Å². The minimum absolute atomic E-state index is 0.00247. The van der Waals surface area contributed by atoms with Gasteiger partial charge in [0.25, 0.3) is 0 Å². The van der Waals surface area contributed by atoms with E-state index in [2.05, 4.69) is 0 Å². The molecule has 92 valence electrons. The number of halogens is 1. The normalized spacial score (nSPS) is 30.7. The highest BCUT2D eigenvalue weighted by atomic mass is 35.5. The van der Waals surface area contributed by atoms with Crippen LogP contribution in [0.4, 0.5) is 0 Å². The lowest BCUT2D eigenvalue weighted by molar-refractivity contribution is -0.185. The smallest absolute Gasteiger partial charge is 0.237 e. The van der Waals surface area contributed by atoms with E-state index >= 15 is 0 Å². The molecule has 4 nitrogen and oxygen atoms in total. The van der Waals surface area contributed by atoms with Crippen LogP contribution >= 0.6 is 11.6 Å². The Balaban J connectivity index is 1.73. The average Bonchev–Trinajstić information content (AvgIpc) is 2.78. The van der Waals surface area contributed by atoms with E-state index in [0.29, 0.717) is 6.54 Å². The summed E-state index contributed by atoms with van der Waals surface area (Å²) >= 11 is 5.51. The van der Waals surface area contributed by atoms with Gasteiger partial charge in [-0.3, -0.25) is 4.79 Å². The van der Waals surface area contributed by atoms with Gasteiger partial charge in [-0.05, 0) is 25.7 Å². The van der Waals surface area contributed by atoms with Crippen LogP contribution < -0.4 is 0 Å². The topological polar surface area (TPSA) is 38.8 Å². The van der Waals surface area contributed by atoms with Crippen molar-refractivity contribution in [3.8, 4) is 0 Å². The number of carbonyl (C=O) groups excluding carboxylic acids is 1. The molecule has 2 fully saturated rings. The molecule has 0 N–H and O–H groups in total. The van der Waals surface area contributed by atoms with Crippen LogP contribution in [0, 0.1) is 0 Å². The van der Waals surface area contributed by atoms with Crippen LogP contribution in [0.2, 0.25) is 0 Å². The zero-order valence-corrected chi connectivity index (χ0v) is 10.1. The third kappa shape index (κ3) is 3.09. The van der Waals surface area contributed by atoms with Crippen LogP contribution in [0.25, 0.3) is 0 Å². The number of ether oxygens (including phenoxy) is 2. The van der Waals surface area contributed by atoms with Gasteiger partial charge in [0.1, 0.15) is 5.88 Å². The highest BCUT2D eigenvalue weighted by molar-refractivity contribution is 6.27. The number of likely N-dealkylation sites (tertiary alicyclic amines) is 1. The van der Waals surface area contributed by atoms with Crippen molar-refractivity contribution in [3.05, 3.63) is 0 Å².